The first-order valence-electron chi connectivity index (χ1n) is 3.26. The summed E-state index contributed by atoms with van der Waals surface area (Å²) < 4.78 is 0. The quantitative estimate of drug-likeness (QED) is 0.558. The van der Waals surface area contributed by atoms with Gasteiger partial charge in [0.25, 0.3) is 0 Å². The van der Waals surface area contributed by atoms with Crippen LogP contribution in [-0.2, 0) is 0 Å². The van der Waals surface area contributed by atoms with E-state index in [0.29, 0.717) is 11.2 Å². The van der Waals surface area contributed by atoms with Crippen LogP contribution in [0.4, 0.5) is 0 Å². The minimum absolute atomic E-state index is 0.425. The SMILES string of the molecule is CC(NC(N)=S)C1CC1. The predicted octanol–water partition coefficient (Wildman–Crippen LogP) is 0.618. The molecule has 0 aromatic carbocycles. The molecule has 1 saturated carbocycles. The summed E-state index contributed by atoms with van der Waals surface area (Å²) in [5.74, 6) is 0.825. The van der Waals surface area contributed by atoms with Gasteiger partial charge in [-0.25, -0.2) is 0 Å². The Morgan fingerprint density at radius 2 is 2.33 bits per heavy atom. The predicted molar refractivity (Wildman–Crippen MR) is 42.1 cm³/mol. The highest BCUT2D eigenvalue weighted by molar-refractivity contribution is 7.80. The Hall–Kier alpha value is -0.310. The molecule has 2 nitrogen and oxygen atoms in total. The van der Waals surface area contributed by atoms with Crippen LogP contribution in [0.25, 0.3) is 0 Å². The van der Waals surface area contributed by atoms with Gasteiger partial charge in [0.1, 0.15) is 0 Å². The van der Waals surface area contributed by atoms with E-state index in [1.54, 1.807) is 0 Å². The van der Waals surface area contributed by atoms with Crippen molar-refractivity contribution in [3.05, 3.63) is 0 Å². The van der Waals surface area contributed by atoms with E-state index in [2.05, 4.69) is 24.5 Å². The molecule has 0 radical (unpaired) electrons. The molecule has 3 heteroatoms. The Bertz CT molecular complexity index is 120. The third-order valence-corrected chi connectivity index (χ3v) is 1.82. The van der Waals surface area contributed by atoms with Gasteiger partial charge in [-0.05, 0) is 37.9 Å². The van der Waals surface area contributed by atoms with Crippen molar-refractivity contribution in [2.45, 2.75) is 25.8 Å². The van der Waals surface area contributed by atoms with Crippen molar-refractivity contribution in [2.75, 3.05) is 0 Å². The molecule has 0 aromatic heterocycles. The summed E-state index contributed by atoms with van der Waals surface area (Å²) >= 11 is 4.69. The fourth-order valence-corrected chi connectivity index (χ4v) is 1.12. The Kier molecular flexibility index (Phi) is 1.90. The zero-order chi connectivity index (χ0) is 6.85. The molecule has 1 atom stereocenters. The number of hydrogen-bond donors (Lipinski definition) is 2. The van der Waals surface area contributed by atoms with E-state index in [1.165, 1.54) is 12.8 Å². The Morgan fingerprint density at radius 3 is 2.67 bits per heavy atom. The van der Waals surface area contributed by atoms with Crippen LogP contribution in [0, 0.1) is 5.92 Å². The lowest BCUT2D eigenvalue weighted by atomic mass is 10.2. The van der Waals surface area contributed by atoms with Crippen LogP contribution in [0.5, 0.6) is 0 Å². The molecule has 0 amide bonds. The molecule has 9 heavy (non-hydrogen) atoms. The van der Waals surface area contributed by atoms with Gasteiger partial charge < -0.3 is 11.1 Å². The summed E-state index contributed by atoms with van der Waals surface area (Å²) in [5.41, 5.74) is 5.28. The van der Waals surface area contributed by atoms with Gasteiger partial charge in [0.15, 0.2) is 5.11 Å². The zero-order valence-electron chi connectivity index (χ0n) is 5.55. The van der Waals surface area contributed by atoms with Crippen LogP contribution in [0.1, 0.15) is 19.8 Å². The van der Waals surface area contributed by atoms with Gasteiger partial charge in [0, 0.05) is 6.04 Å². The monoisotopic (exact) mass is 144 g/mol. The molecule has 0 saturated heterocycles. The summed E-state index contributed by atoms with van der Waals surface area (Å²) in [6.07, 6.45) is 2.66. The number of rotatable bonds is 2. The fourth-order valence-electron chi connectivity index (χ4n) is 0.938. The molecule has 0 spiro atoms. The first-order chi connectivity index (χ1) is 4.20. The van der Waals surface area contributed by atoms with Gasteiger partial charge in [-0.2, -0.15) is 0 Å². The topological polar surface area (TPSA) is 38.0 Å². The van der Waals surface area contributed by atoms with E-state index in [4.69, 9.17) is 5.73 Å². The Morgan fingerprint density at radius 1 is 1.78 bits per heavy atom. The molecule has 1 rings (SSSR count). The summed E-state index contributed by atoms with van der Waals surface area (Å²) in [7, 11) is 0. The molecule has 1 aliphatic rings. The average molecular weight is 144 g/mol. The van der Waals surface area contributed by atoms with E-state index in [9.17, 15) is 0 Å². The first-order valence-corrected chi connectivity index (χ1v) is 3.67. The molecule has 0 aromatic rings. The molecule has 1 unspecified atom stereocenters. The normalized spacial score (nSPS) is 21.0. The van der Waals surface area contributed by atoms with E-state index < -0.39 is 0 Å². The highest BCUT2D eigenvalue weighted by Crippen LogP contribution is 2.32. The zero-order valence-corrected chi connectivity index (χ0v) is 6.37. The van der Waals surface area contributed by atoms with Crippen LogP contribution in [-0.4, -0.2) is 11.2 Å². The van der Waals surface area contributed by atoms with Gasteiger partial charge in [0.2, 0.25) is 0 Å². The third kappa shape index (κ3) is 2.18. The van der Waals surface area contributed by atoms with Gasteiger partial charge in [-0.1, -0.05) is 0 Å². The average Bonchev–Trinajstić information content (AvgIpc) is 2.40. The molecular formula is C6H12N2S. The highest BCUT2D eigenvalue weighted by atomic mass is 32.1. The number of nitrogens with two attached hydrogens (primary N) is 1. The maximum absolute atomic E-state index is 5.28. The molecule has 0 heterocycles. The van der Waals surface area contributed by atoms with Crippen LogP contribution in [0.2, 0.25) is 0 Å². The summed E-state index contributed by atoms with van der Waals surface area (Å²) in [4.78, 5) is 0. The maximum Gasteiger partial charge on any atom is 0.163 e. The van der Waals surface area contributed by atoms with Gasteiger partial charge in [0.05, 0.1) is 0 Å². The minimum Gasteiger partial charge on any atom is -0.376 e. The molecule has 3 N–H and O–H groups in total. The van der Waals surface area contributed by atoms with Crippen LogP contribution in [0.15, 0.2) is 0 Å². The summed E-state index contributed by atoms with van der Waals surface area (Å²) in [6, 6.07) is 0.488. The van der Waals surface area contributed by atoms with Crippen molar-refractivity contribution in [1.29, 1.82) is 0 Å². The maximum atomic E-state index is 5.28. The van der Waals surface area contributed by atoms with Crippen LogP contribution < -0.4 is 11.1 Å². The lowest BCUT2D eigenvalue weighted by Gasteiger charge is -2.10. The minimum atomic E-state index is 0.425. The second kappa shape index (κ2) is 2.52. The molecular weight excluding hydrogens is 132 g/mol. The van der Waals surface area contributed by atoms with E-state index >= 15 is 0 Å². The van der Waals surface area contributed by atoms with Crippen molar-refractivity contribution in [3.63, 3.8) is 0 Å². The molecule has 1 aliphatic carbocycles. The lowest BCUT2D eigenvalue weighted by Crippen LogP contribution is -2.37. The van der Waals surface area contributed by atoms with Crippen molar-refractivity contribution in [2.24, 2.45) is 11.7 Å². The van der Waals surface area contributed by atoms with Crippen LogP contribution in [0.3, 0.4) is 0 Å². The van der Waals surface area contributed by atoms with Gasteiger partial charge in [-0.3, -0.25) is 0 Å². The van der Waals surface area contributed by atoms with Crippen molar-refractivity contribution >= 4 is 17.3 Å². The fraction of sp³-hybridized carbons (Fsp3) is 0.833. The van der Waals surface area contributed by atoms with E-state index in [-0.39, 0.29) is 0 Å². The summed E-state index contributed by atoms with van der Waals surface area (Å²) in [5, 5.41) is 3.44. The van der Waals surface area contributed by atoms with Crippen LogP contribution >= 0.6 is 12.2 Å². The standard InChI is InChI=1S/C6H12N2S/c1-4(5-2-3-5)8-6(7)9/h4-5H,2-3H2,1H3,(H3,7,8,9). The van der Waals surface area contributed by atoms with Crippen molar-refractivity contribution in [1.82, 2.24) is 5.32 Å². The van der Waals surface area contributed by atoms with Crippen molar-refractivity contribution < 1.29 is 0 Å². The molecule has 0 aliphatic heterocycles. The van der Waals surface area contributed by atoms with Gasteiger partial charge >= 0.3 is 0 Å². The smallest absolute Gasteiger partial charge is 0.163 e. The first kappa shape index (κ1) is 6.81. The second-order valence-corrected chi connectivity index (χ2v) is 3.07. The highest BCUT2D eigenvalue weighted by Gasteiger charge is 2.27. The Labute approximate surface area is 60.8 Å². The molecule has 1 fully saturated rings. The lowest BCUT2D eigenvalue weighted by molar-refractivity contribution is 0.589. The van der Waals surface area contributed by atoms with E-state index in [0.717, 1.165) is 5.92 Å². The molecule has 52 valence electrons. The Balaban J connectivity index is 2.17. The summed E-state index contributed by atoms with van der Waals surface area (Å²) in [6.45, 7) is 2.12. The molecule has 0 bridgehead atoms. The number of hydrogen-bond acceptors (Lipinski definition) is 1. The van der Waals surface area contributed by atoms with E-state index in [1.807, 2.05) is 0 Å². The largest absolute Gasteiger partial charge is 0.376 e. The third-order valence-electron chi connectivity index (χ3n) is 1.70. The number of thiocarbonyl (C=S) groups is 1. The van der Waals surface area contributed by atoms with Gasteiger partial charge in [-0.15, -0.1) is 0 Å². The van der Waals surface area contributed by atoms with Crippen molar-refractivity contribution in [3.8, 4) is 0 Å². The second-order valence-electron chi connectivity index (χ2n) is 2.63. The number of nitrogens with one attached hydrogen (secondary N) is 1.